The third-order valence-corrected chi connectivity index (χ3v) is 6.05. The van der Waals surface area contributed by atoms with Gasteiger partial charge in [-0.25, -0.2) is 0 Å². The van der Waals surface area contributed by atoms with E-state index >= 15 is 0 Å². The molecule has 0 spiro atoms. The average molecular weight is 473 g/mol. The molecule has 0 unspecified atom stereocenters. The van der Waals surface area contributed by atoms with Crippen LogP contribution < -0.4 is 61.2 Å². The number of para-hydroxylation sites is 2. The van der Waals surface area contributed by atoms with E-state index in [-0.39, 0.29) is 67.8 Å². The maximum absolute atomic E-state index is 12.0. The summed E-state index contributed by atoms with van der Waals surface area (Å²) in [6.45, 7) is 2.23. The van der Waals surface area contributed by atoms with Gasteiger partial charge in [0.15, 0.2) is 0 Å². The fourth-order valence-electron chi connectivity index (χ4n) is 3.45. The van der Waals surface area contributed by atoms with Crippen LogP contribution in [-0.4, -0.2) is 13.0 Å². The van der Waals surface area contributed by atoms with E-state index in [9.17, 15) is 18.1 Å². The van der Waals surface area contributed by atoms with Gasteiger partial charge in [0.1, 0.15) is 11.5 Å². The largest absolute Gasteiger partial charge is 1.00 e. The Hall–Kier alpha value is -0.414. The number of aryl methyl sites for hydroxylation is 1. The molecule has 0 saturated carbocycles. The molecule has 2 aromatic rings. The van der Waals surface area contributed by atoms with Crippen molar-refractivity contribution < 1.29 is 74.2 Å². The van der Waals surface area contributed by atoms with E-state index in [0.717, 1.165) is 24.8 Å². The summed E-state index contributed by atoms with van der Waals surface area (Å²) in [6, 6.07) is 10.6. The van der Waals surface area contributed by atoms with Gasteiger partial charge in [-0.1, -0.05) is 94.7 Å². The molecule has 0 atom stereocenters. The average Bonchev–Trinajstić information content (AvgIpc) is 2.71. The summed E-state index contributed by atoms with van der Waals surface area (Å²) in [5.74, 6) is 0.151. The predicted octanol–water partition coefficient (Wildman–Crippen LogP) is 3.27. The summed E-state index contributed by atoms with van der Waals surface area (Å²) in [6.07, 6.45) is 13.0. The minimum atomic E-state index is -4.35. The molecule has 0 heterocycles. The summed E-state index contributed by atoms with van der Waals surface area (Å²) < 4.78 is 38.1. The van der Waals surface area contributed by atoms with Crippen LogP contribution in [0.25, 0.3) is 0 Å². The molecule has 0 aliphatic rings. The summed E-state index contributed by atoms with van der Waals surface area (Å²) in [5, 5.41) is 12.0. The summed E-state index contributed by atoms with van der Waals surface area (Å²) >= 11 is 0. The fraction of sp³-hybridized carbons (Fsp3) is 0.500. The molecular formula is C24H33KO5S. The monoisotopic (exact) mass is 472 g/mol. The molecule has 5 nitrogen and oxygen atoms in total. The van der Waals surface area contributed by atoms with E-state index in [2.05, 4.69) is 6.92 Å². The smallest absolute Gasteiger partial charge is 0.870 e. The van der Waals surface area contributed by atoms with Gasteiger partial charge >= 0.3 is 51.4 Å². The van der Waals surface area contributed by atoms with Gasteiger partial charge in [0.05, 0.1) is 4.90 Å². The minimum absolute atomic E-state index is 0. The Morgan fingerprint density at radius 3 is 2.00 bits per heavy atom. The van der Waals surface area contributed by atoms with Gasteiger partial charge in [-0.2, -0.15) is 8.42 Å². The molecule has 2 aromatic carbocycles. The first-order valence-electron chi connectivity index (χ1n) is 11.0. The van der Waals surface area contributed by atoms with Crippen LogP contribution in [0.2, 0.25) is 0 Å². The van der Waals surface area contributed by atoms with Crippen LogP contribution in [0.3, 0.4) is 0 Å². The molecule has 31 heavy (non-hydrogen) atoms. The summed E-state index contributed by atoms with van der Waals surface area (Å²) in [5.41, 5.74) is 0.824. The van der Waals surface area contributed by atoms with Crippen LogP contribution in [0, 0.1) is 0 Å². The van der Waals surface area contributed by atoms with Gasteiger partial charge in [0, 0.05) is 6.07 Å². The van der Waals surface area contributed by atoms with E-state index in [1.54, 1.807) is 24.3 Å². The second-order valence-electron chi connectivity index (χ2n) is 7.73. The standard InChI is InChI=1S/C24H34O5S.K/c1-2-3-4-5-6-7-8-9-10-11-14-20-17-18-21(30(26,27)28)19-24(20)29-23-16-13-12-15-22(23)25;/h12-13,15-19,25H,2-11,14H2,1H3,(H,26,27,28);/q;+1/p-1. The summed E-state index contributed by atoms with van der Waals surface area (Å²) in [4.78, 5) is -0.243. The zero-order chi connectivity index (χ0) is 21.8. The number of benzene rings is 2. The van der Waals surface area contributed by atoms with Crippen molar-refractivity contribution in [2.45, 2.75) is 82.4 Å². The molecule has 0 bridgehead atoms. The Kier molecular flexibility index (Phi) is 14.2. The first kappa shape index (κ1) is 28.6. The number of rotatable bonds is 14. The van der Waals surface area contributed by atoms with Gasteiger partial charge in [0.2, 0.25) is 0 Å². The maximum Gasteiger partial charge on any atom is 1.00 e. The molecule has 0 radical (unpaired) electrons. The fourth-order valence-corrected chi connectivity index (χ4v) is 3.95. The topological polar surface area (TPSA) is 86.7 Å². The Labute approximate surface area is 229 Å². The quantitative estimate of drug-likeness (QED) is 0.259. The summed E-state index contributed by atoms with van der Waals surface area (Å²) in [7, 11) is -4.35. The molecule has 2 rings (SSSR count). The first-order valence-corrected chi connectivity index (χ1v) is 12.4. The Bertz CT molecular complexity index is 883. The van der Waals surface area contributed by atoms with E-state index in [4.69, 9.17) is 4.74 Å². The van der Waals surface area contributed by atoms with Gasteiger partial charge in [-0.05, 0) is 30.5 Å². The third kappa shape index (κ3) is 10.8. The van der Waals surface area contributed by atoms with Crippen LogP contribution in [0.15, 0.2) is 47.4 Å². The molecule has 0 aliphatic carbocycles. The van der Waals surface area contributed by atoms with Crippen molar-refractivity contribution in [3.8, 4) is 17.2 Å². The van der Waals surface area contributed by atoms with Gasteiger partial charge in [-0.15, -0.1) is 0 Å². The van der Waals surface area contributed by atoms with Gasteiger partial charge in [-0.3, -0.25) is 4.55 Å². The minimum Gasteiger partial charge on any atom is -0.870 e. The van der Waals surface area contributed by atoms with Crippen molar-refractivity contribution in [2.24, 2.45) is 0 Å². The Morgan fingerprint density at radius 2 is 1.42 bits per heavy atom. The molecular weight excluding hydrogens is 439 g/mol. The first-order chi connectivity index (χ1) is 14.4. The van der Waals surface area contributed by atoms with E-state index in [1.807, 2.05) is 0 Å². The van der Waals surface area contributed by atoms with Gasteiger partial charge < -0.3 is 9.84 Å². The molecule has 0 aromatic heterocycles. The predicted molar refractivity (Wildman–Crippen MR) is 118 cm³/mol. The molecule has 0 amide bonds. The van der Waals surface area contributed by atoms with Crippen molar-refractivity contribution in [3.05, 3.63) is 48.0 Å². The van der Waals surface area contributed by atoms with E-state index in [1.165, 1.54) is 69.6 Å². The second kappa shape index (κ2) is 15.4. The van der Waals surface area contributed by atoms with Crippen LogP contribution >= 0.6 is 0 Å². The zero-order valence-electron chi connectivity index (χ0n) is 18.8. The van der Waals surface area contributed by atoms with Crippen LogP contribution in [0.4, 0.5) is 0 Å². The van der Waals surface area contributed by atoms with Crippen LogP contribution in [0.1, 0.15) is 76.7 Å². The number of unbranched alkanes of at least 4 members (excludes halogenated alkanes) is 9. The maximum atomic E-state index is 12.0. The third-order valence-electron chi connectivity index (χ3n) is 5.21. The van der Waals surface area contributed by atoms with E-state index < -0.39 is 10.1 Å². The zero-order valence-corrected chi connectivity index (χ0v) is 22.7. The van der Waals surface area contributed by atoms with Crippen molar-refractivity contribution >= 4 is 10.1 Å². The molecule has 166 valence electrons. The Morgan fingerprint density at radius 1 is 0.839 bits per heavy atom. The molecule has 0 saturated heterocycles. The van der Waals surface area contributed by atoms with Crippen molar-refractivity contribution in [1.29, 1.82) is 0 Å². The van der Waals surface area contributed by atoms with Crippen molar-refractivity contribution in [3.63, 3.8) is 0 Å². The number of hydrogen-bond acceptors (Lipinski definition) is 4. The Balaban J connectivity index is 0.00000480. The number of ether oxygens (including phenoxy) is 1. The molecule has 1 N–H and O–H groups in total. The second-order valence-corrected chi connectivity index (χ2v) is 9.15. The van der Waals surface area contributed by atoms with E-state index in [0.29, 0.717) is 5.75 Å². The molecule has 0 aliphatic heterocycles. The molecule has 0 fully saturated rings. The van der Waals surface area contributed by atoms with Crippen LogP contribution in [0.5, 0.6) is 17.2 Å². The van der Waals surface area contributed by atoms with Crippen molar-refractivity contribution in [2.75, 3.05) is 0 Å². The van der Waals surface area contributed by atoms with Crippen LogP contribution in [-0.2, 0) is 16.5 Å². The normalized spacial score (nSPS) is 11.2. The van der Waals surface area contributed by atoms with Crippen molar-refractivity contribution in [1.82, 2.24) is 0 Å². The number of hydrogen-bond donors (Lipinski definition) is 1. The SMILES string of the molecule is CCCCCCCCCCCCc1ccc(S(=O)(=O)O)cc1Oc1ccccc1[O-].[K+]. The molecule has 7 heteroatoms. The van der Waals surface area contributed by atoms with Gasteiger partial charge in [0.25, 0.3) is 10.1 Å².